The number of carboxylic acids is 1. The molecule has 0 unspecified atom stereocenters. The molecule has 2 fully saturated rings. The van der Waals surface area contributed by atoms with E-state index in [9.17, 15) is 14.4 Å². The second-order valence-corrected chi connectivity index (χ2v) is 9.40. The van der Waals surface area contributed by atoms with Gasteiger partial charge in [-0.3, -0.25) is 14.4 Å². The number of benzene rings is 1. The van der Waals surface area contributed by atoms with E-state index in [4.69, 9.17) is 9.84 Å². The van der Waals surface area contributed by atoms with Gasteiger partial charge in [0.2, 0.25) is 0 Å². The Morgan fingerprint density at radius 3 is 2.22 bits per heavy atom. The smallest absolute Gasteiger partial charge is 0.306 e. The molecular weight excluding hydrogens is 428 g/mol. The number of amides is 2. The number of hydrogen-bond acceptors (Lipinski definition) is 5. The lowest BCUT2D eigenvalue weighted by Gasteiger charge is -2.26. The fraction of sp³-hybridized carbons (Fsp3) is 0.458. The van der Waals surface area contributed by atoms with Gasteiger partial charge in [0.05, 0.1) is 16.9 Å². The molecule has 0 saturated heterocycles. The summed E-state index contributed by atoms with van der Waals surface area (Å²) in [6.07, 6.45) is 5.14. The minimum Gasteiger partial charge on any atom is -0.490 e. The molecule has 7 nitrogen and oxygen atoms in total. The summed E-state index contributed by atoms with van der Waals surface area (Å²) in [5.74, 6) is 0.00345. The second kappa shape index (κ2) is 10.2. The van der Waals surface area contributed by atoms with E-state index in [0.29, 0.717) is 48.0 Å². The van der Waals surface area contributed by atoms with Crippen molar-refractivity contribution in [1.29, 1.82) is 0 Å². The van der Waals surface area contributed by atoms with Gasteiger partial charge in [-0.1, -0.05) is 0 Å². The molecule has 0 bridgehead atoms. The molecule has 0 radical (unpaired) electrons. The summed E-state index contributed by atoms with van der Waals surface area (Å²) < 4.78 is 5.93. The van der Waals surface area contributed by atoms with Gasteiger partial charge in [-0.2, -0.15) is 0 Å². The van der Waals surface area contributed by atoms with Crippen LogP contribution in [0.1, 0.15) is 70.0 Å². The molecule has 8 heteroatoms. The normalized spacial score (nSPS) is 20.4. The first-order chi connectivity index (χ1) is 15.5. The Kier molecular flexibility index (Phi) is 7.09. The second-order valence-electron chi connectivity index (χ2n) is 8.48. The van der Waals surface area contributed by atoms with Gasteiger partial charge in [0.15, 0.2) is 0 Å². The standard InChI is InChI=1S/C24H28N2O5S/c27-22(25-11-12-26-23(28)21-13-18(14-32-21)15-1-2-15)16-3-7-19(8-4-16)31-20-9-5-17(6-10-20)24(29)30/h3-4,7-8,13-15,17,20H,1-2,5-6,9-12H2,(H,25,27)(H,26,28)(H,29,30)/t17-,20+. The maximum Gasteiger partial charge on any atom is 0.306 e. The highest BCUT2D eigenvalue weighted by Crippen LogP contribution is 2.41. The van der Waals surface area contributed by atoms with E-state index < -0.39 is 5.97 Å². The van der Waals surface area contributed by atoms with Crippen molar-refractivity contribution in [3.8, 4) is 5.75 Å². The number of thiophene rings is 1. The summed E-state index contributed by atoms with van der Waals surface area (Å²) in [6.45, 7) is 0.706. The van der Waals surface area contributed by atoms with E-state index in [1.807, 2.05) is 6.07 Å². The molecule has 0 spiro atoms. The van der Waals surface area contributed by atoms with Gasteiger partial charge >= 0.3 is 5.97 Å². The number of carbonyl (C=O) groups is 3. The Bertz CT molecular complexity index is 959. The molecule has 0 aliphatic heterocycles. The lowest BCUT2D eigenvalue weighted by atomic mass is 9.87. The molecule has 1 heterocycles. The first-order valence-electron chi connectivity index (χ1n) is 11.1. The van der Waals surface area contributed by atoms with Crippen LogP contribution in [0, 0.1) is 5.92 Å². The zero-order valence-electron chi connectivity index (χ0n) is 17.8. The van der Waals surface area contributed by atoms with Crippen LogP contribution in [0.15, 0.2) is 35.7 Å². The quantitative estimate of drug-likeness (QED) is 0.498. The van der Waals surface area contributed by atoms with Gasteiger partial charge in [-0.15, -0.1) is 11.3 Å². The minimum atomic E-state index is -0.729. The van der Waals surface area contributed by atoms with Gasteiger partial charge in [0, 0.05) is 18.7 Å². The van der Waals surface area contributed by atoms with Crippen molar-refractivity contribution in [3.63, 3.8) is 0 Å². The first kappa shape index (κ1) is 22.3. The summed E-state index contributed by atoms with van der Waals surface area (Å²) in [7, 11) is 0. The number of carbonyl (C=O) groups excluding carboxylic acids is 2. The van der Waals surface area contributed by atoms with Gasteiger partial charge < -0.3 is 20.5 Å². The van der Waals surface area contributed by atoms with E-state index >= 15 is 0 Å². The first-order valence-corrected chi connectivity index (χ1v) is 12.0. The molecule has 2 amide bonds. The molecule has 32 heavy (non-hydrogen) atoms. The highest BCUT2D eigenvalue weighted by Gasteiger charge is 2.27. The average Bonchev–Trinajstić information content (AvgIpc) is 3.53. The highest BCUT2D eigenvalue weighted by molar-refractivity contribution is 7.12. The van der Waals surface area contributed by atoms with Crippen LogP contribution in [0.5, 0.6) is 5.75 Å². The van der Waals surface area contributed by atoms with Crippen LogP contribution in [0.2, 0.25) is 0 Å². The van der Waals surface area contributed by atoms with E-state index in [0.717, 1.165) is 12.8 Å². The SMILES string of the molecule is O=C(NCCNC(=O)c1cc(C2CC2)cs1)c1ccc(O[C@H]2CC[C@@H](C(=O)O)CC2)cc1. The van der Waals surface area contributed by atoms with Crippen molar-refractivity contribution in [1.82, 2.24) is 10.6 Å². The third kappa shape index (κ3) is 5.88. The fourth-order valence-electron chi connectivity index (χ4n) is 3.95. The average molecular weight is 457 g/mol. The minimum absolute atomic E-state index is 0.0117. The van der Waals surface area contributed by atoms with Crippen molar-refractivity contribution in [3.05, 3.63) is 51.7 Å². The number of nitrogens with one attached hydrogen (secondary N) is 2. The number of rotatable bonds is 9. The van der Waals surface area contributed by atoms with Crippen LogP contribution >= 0.6 is 11.3 Å². The Balaban J connectivity index is 1.16. The third-order valence-electron chi connectivity index (χ3n) is 6.03. The molecule has 1 aromatic carbocycles. The Morgan fingerprint density at radius 1 is 0.938 bits per heavy atom. The molecular formula is C24H28N2O5S. The zero-order chi connectivity index (χ0) is 22.5. The number of aliphatic carboxylic acids is 1. The molecule has 1 aromatic heterocycles. The van der Waals surface area contributed by atoms with Crippen LogP contribution in [-0.2, 0) is 4.79 Å². The van der Waals surface area contributed by atoms with Crippen LogP contribution in [0.25, 0.3) is 0 Å². The highest BCUT2D eigenvalue weighted by atomic mass is 32.1. The number of hydrogen-bond donors (Lipinski definition) is 3. The summed E-state index contributed by atoms with van der Waals surface area (Å²) in [4.78, 5) is 36.3. The van der Waals surface area contributed by atoms with E-state index in [1.54, 1.807) is 24.3 Å². The molecule has 170 valence electrons. The molecule has 2 aliphatic rings. The summed E-state index contributed by atoms with van der Waals surface area (Å²) in [5.41, 5.74) is 1.78. The van der Waals surface area contributed by atoms with E-state index in [1.165, 1.54) is 29.7 Å². The zero-order valence-corrected chi connectivity index (χ0v) is 18.7. The largest absolute Gasteiger partial charge is 0.490 e. The van der Waals surface area contributed by atoms with Crippen molar-refractivity contribution in [2.45, 2.75) is 50.5 Å². The van der Waals surface area contributed by atoms with E-state index in [-0.39, 0.29) is 23.8 Å². The maximum atomic E-state index is 12.3. The lowest BCUT2D eigenvalue weighted by Crippen LogP contribution is -2.34. The van der Waals surface area contributed by atoms with Gasteiger partial charge in [0.1, 0.15) is 5.75 Å². The van der Waals surface area contributed by atoms with Crippen LogP contribution in [-0.4, -0.2) is 42.1 Å². The van der Waals surface area contributed by atoms with Crippen molar-refractivity contribution in [2.24, 2.45) is 5.92 Å². The van der Waals surface area contributed by atoms with Crippen LogP contribution < -0.4 is 15.4 Å². The van der Waals surface area contributed by atoms with E-state index in [2.05, 4.69) is 16.0 Å². The third-order valence-corrected chi connectivity index (χ3v) is 6.98. The number of ether oxygens (including phenoxy) is 1. The predicted molar refractivity (Wildman–Crippen MR) is 121 cm³/mol. The summed E-state index contributed by atoms with van der Waals surface area (Å²) >= 11 is 1.46. The Hall–Kier alpha value is -2.87. The molecule has 2 aromatic rings. The summed E-state index contributed by atoms with van der Waals surface area (Å²) in [5, 5.41) is 16.8. The van der Waals surface area contributed by atoms with Gasteiger partial charge in [-0.05, 0) is 85.7 Å². The number of carboxylic acid groups (broad SMARTS) is 1. The summed E-state index contributed by atoms with van der Waals surface area (Å²) in [6, 6.07) is 8.90. The van der Waals surface area contributed by atoms with Crippen molar-refractivity contribution >= 4 is 29.1 Å². The molecule has 0 atom stereocenters. The lowest BCUT2D eigenvalue weighted by molar-refractivity contribution is -0.143. The fourth-order valence-corrected chi connectivity index (χ4v) is 4.85. The maximum absolute atomic E-state index is 12.3. The monoisotopic (exact) mass is 456 g/mol. The predicted octanol–water partition coefficient (Wildman–Crippen LogP) is 3.81. The Labute approximate surface area is 191 Å². The molecule has 4 rings (SSSR count). The van der Waals surface area contributed by atoms with Crippen LogP contribution in [0.4, 0.5) is 0 Å². The molecule has 2 saturated carbocycles. The van der Waals surface area contributed by atoms with Gasteiger partial charge in [-0.25, -0.2) is 0 Å². The van der Waals surface area contributed by atoms with Crippen LogP contribution in [0.3, 0.4) is 0 Å². The van der Waals surface area contributed by atoms with Crippen molar-refractivity contribution in [2.75, 3.05) is 13.1 Å². The topological polar surface area (TPSA) is 105 Å². The Morgan fingerprint density at radius 2 is 1.59 bits per heavy atom. The van der Waals surface area contributed by atoms with Crippen molar-refractivity contribution < 1.29 is 24.2 Å². The van der Waals surface area contributed by atoms with Gasteiger partial charge in [0.25, 0.3) is 11.8 Å². The molecule has 2 aliphatic carbocycles. The molecule has 3 N–H and O–H groups in total.